The van der Waals surface area contributed by atoms with Gasteiger partial charge in [0.2, 0.25) is 0 Å². The lowest BCUT2D eigenvalue weighted by Gasteiger charge is -2.16. The first-order valence-corrected chi connectivity index (χ1v) is 11.3. The molecule has 6 nitrogen and oxygen atoms in total. The Bertz CT molecular complexity index is 1330. The molecule has 0 bridgehead atoms. The number of nitrogens with one attached hydrogen (secondary N) is 1. The van der Waals surface area contributed by atoms with Crippen molar-refractivity contribution in [3.63, 3.8) is 0 Å². The average molecular weight is 464 g/mol. The molecule has 0 saturated heterocycles. The van der Waals surface area contributed by atoms with Crippen LogP contribution in [-0.2, 0) is 13.2 Å². The molecule has 1 heterocycles. The first kappa shape index (κ1) is 23.5. The van der Waals surface area contributed by atoms with Crippen LogP contribution >= 0.6 is 0 Å². The number of pyridine rings is 1. The maximum Gasteiger partial charge on any atom is 0.251 e. The molecule has 3 aromatic carbocycles. The van der Waals surface area contributed by atoms with Gasteiger partial charge >= 0.3 is 0 Å². The largest absolute Gasteiger partial charge is 0.489 e. The molecule has 0 aliphatic heterocycles. The minimum atomic E-state index is -0.229. The summed E-state index contributed by atoms with van der Waals surface area (Å²) in [4.78, 5) is 17.2. The van der Waals surface area contributed by atoms with Crippen LogP contribution in [0.15, 0.2) is 97.2 Å². The summed E-state index contributed by atoms with van der Waals surface area (Å²) < 4.78 is 11.7. The van der Waals surface area contributed by atoms with Gasteiger partial charge in [0.1, 0.15) is 24.7 Å². The second-order valence-electron chi connectivity index (χ2n) is 7.96. The van der Waals surface area contributed by atoms with Gasteiger partial charge in [-0.25, -0.2) is 0 Å². The van der Waals surface area contributed by atoms with Gasteiger partial charge in [-0.05, 0) is 61.0 Å². The zero-order chi connectivity index (χ0) is 24.5. The van der Waals surface area contributed by atoms with Crippen molar-refractivity contribution in [2.24, 2.45) is 0 Å². The van der Waals surface area contributed by atoms with Crippen LogP contribution in [0.25, 0.3) is 0 Å². The summed E-state index contributed by atoms with van der Waals surface area (Å²) in [7, 11) is 0. The Labute approximate surface area is 204 Å². The van der Waals surface area contributed by atoms with E-state index in [0.717, 1.165) is 16.8 Å². The van der Waals surface area contributed by atoms with Gasteiger partial charge in [0.25, 0.3) is 5.91 Å². The normalized spacial score (nSPS) is 11.2. The second kappa shape index (κ2) is 11.5. The Kier molecular flexibility index (Phi) is 7.72. The Balaban J connectivity index is 1.36. The van der Waals surface area contributed by atoms with Crippen molar-refractivity contribution in [1.82, 2.24) is 10.3 Å². The van der Waals surface area contributed by atoms with E-state index in [0.29, 0.717) is 29.2 Å². The van der Waals surface area contributed by atoms with E-state index in [1.165, 1.54) is 0 Å². The minimum Gasteiger partial charge on any atom is -0.489 e. The molecule has 0 fully saturated rings. The van der Waals surface area contributed by atoms with Crippen molar-refractivity contribution in [2.75, 3.05) is 0 Å². The number of hydrogen-bond donors (Lipinski definition) is 1. The quantitative estimate of drug-likeness (QED) is 0.349. The summed E-state index contributed by atoms with van der Waals surface area (Å²) in [6.45, 7) is 2.54. The van der Waals surface area contributed by atoms with Crippen LogP contribution in [0.4, 0.5) is 0 Å². The predicted octanol–water partition coefficient (Wildman–Crippen LogP) is 5.60. The van der Waals surface area contributed by atoms with E-state index < -0.39 is 0 Å². The summed E-state index contributed by atoms with van der Waals surface area (Å²) >= 11 is 0. The molecule has 0 saturated carbocycles. The summed E-state index contributed by atoms with van der Waals surface area (Å²) in [5.41, 5.74) is 3.63. The molecule has 1 unspecified atom stereocenters. The molecular formula is C29H25N3O3. The Hall–Kier alpha value is -4.63. The van der Waals surface area contributed by atoms with Crippen LogP contribution in [0.5, 0.6) is 11.5 Å². The summed E-state index contributed by atoms with van der Waals surface area (Å²) in [5, 5.41) is 12.3. The number of carbonyl (C=O) groups is 1. The molecule has 1 amide bonds. The van der Waals surface area contributed by atoms with Crippen LogP contribution in [0, 0.1) is 11.3 Å². The Morgan fingerprint density at radius 1 is 0.914 bits per heavy atom. The number of benzene rings is 3. The molecular weight excluding hydrogens is 438 g/mol. The van der Waals surface area contributed by atoms with E-state index in [1.54, 1.807) is 36.5 Å². The van der Waals surface area contributed by atoms with Gasteiger partial charge in [-0.2, -0.15) is 5.26 Å². The molecule has 0 spiro atoms. The fourth-order valence-electron chi connectivity index (χ4n) is 3.52. The standard InChI is InChI=1S/C29H25N3O3/c1-21(22-10-6-13-27(16-22)35-20-26-12-4-5-15-31-26)32-29(33)23-11-7-14-28(17-23)34-19-25-9-3-2-8-24(25)18-30/h2-17,21H,19-20H2,1H3,(H,32,33). The number of carbonyl (C=O) groups excluding carboxylic acids is 1. The third-order valence-electron chi connectivity index (χ3n) is 5.45. The van der Waals surface area contributed by atoms with Crippen molar-refractivity contribution in [3.8, 4) is 17.6 Å². The zero-order valence-electron chi connectivity index (χ0n) is 19.3. The highest BCUT2D eigenvalue weighted by atomic mass is 16.5. The first-order chi connectivity index (χ1) is 17.1. The maximum atomic E-state index is 12.9. The number of amides is 1. The van der Waals surface area contributed by atoms with Gasteiger partial charge in [-0.3, -0.25) is 9.78 Å². The van der Waals surface area contributed by atoms with Crippen LogP contribution in [0.1, 0.15) is 45.7 Å². The minimum absolute atomic E-state index is 0.208. The van der Waals surface area contributed by atoms with E-state index in [-0.39, 0.29) is 18.6 Å². The van der Waals surface area contributed by atoms with Crippen molar-refractivity contribution in [2.45, 2.75) is 26.2 Å². The van der Waals surface area contributed by atoms with Gasteiger partial charge in [0.05, 0.1) is 23.4 Å². The number of ether oxygens (including phenoxy) is 2. The number of nitrogens with zero attached hydrogens (tertiary/aromatic N) is 2. The van der Waals surface area contributed by atoms with E-state index in [4.69, 9.17) is 9.47 Å². The van der Waals surface area contributed by atoms with Gasteiger partial charge in [-0.1, -0.05) is 42.5 Å². The number of aromatic nitrogens is 1. The first-order valence-electron chi connectivity index (χ1n) is 11.3. The molecule has 0 aliphatic rings. The van der Waals surface area contributed by atoms with Gasteiger partial charge in [0, 0.05) is 17.3 Å². The molecule has 6 heteroatoms. The summed E-state index contributed by atoms with van der Waals surface area (Å²) in [6.07, 6.45) is 1.73. The summed E-state index contributed by atoms with van der Waals surface area (Å²) in [6, 6.07) is 29.6. The molecule has 1 atom stereocenters. The number of hydrogen-bond acceptors (Lipinski definition) is 5. The molecule has 174 valence electrons. The highest BCUT2D eigenvalue weighted by Crippen LogP contribution is 2.21. The molecule has 0 radical (unpaired) electrons. The third-order valence-corrected chi connectivity index (χ3v) is 5.45. The van der Waals surface area contributed by atoms with Crippen molar-refractivity contribution >= 4 is 5.91 Å². The van der Waals surface area contributed by atoms with Crippen molar-refractivity contribution in [3.05, 3.63) is 125 Å². The SMILES string of the molecule is CC(NC(=O)c1cccc(OCc2ccccc2C#N)c1)c1cccc(OCc2ccccn2)c1. The van der Waals surface area contributed by atoms with Crippen LogP contribution in [0.3, 0.4) is 0 Å². The average Bonchev–Trinajstić information content (AvgIpc) is 2.91. The van der Waals surface area contributed by atoms with Crippen LogP contribution < -0.4 is 14.8 Å². The maximum absolute atomic E-state index is 12.9. The number of rotatable bonds is 9. The molecule has 35 heavy (non-hydrogen) atoms. The van der Waals surface area contributed by atoms with E-state index in [1.807, 2.05) is 67.6 Å². The molecule has 1 aromatic heterocycles. The van der Waals surface area contributed by atoms with Crippen LogP contribution in [0.2, 0.25) is 0 Å². The molecule has 4 rings (SSSR count). The second-order valence-corrected chi connectivity index (χ2v) is 7.96. The highest BCUT2D eigenvalue weighted by Gasteiger charge is 2.13. The van der Waals surface area contributed by atoms with Crippen LogP contribution in [-0.4, -0.2) is 10.9 Å². The lowest BCUT2D eigenvalue weighted by molar-refractivity contribution is 0.0939. The van der Waals surface area contributed by atoms with Gasteiger partial charge < -0.3 is 14.8 Å². The zero-order valence-corrected chi connectivity index (χ0v) is 19.3. The fraction of sp³-hybridized carbons (Fsp3) is 0.138. The topological polar surface area (TPSA) is 84.2 Å². The Morgan fingerprint density at radius 3 is 2.46 bits per heavy atom. The monoisotopic (exact) mass is 463 g/mol. The fourth-order valence-corrected chi connectivity index (χ4v) is 3.52. The predicted molar refractivity (Wildman–Crippen MR) is 133 cm³/mol. The molecule has 1 N–H and O–H groups in total. The highest BCUT2D eigenvalue weighted by molar-refractivity contribution is 5.94. The lowest BCUT2D eigenvalue weighted by Crippen LogP contribution is -2.26. The Morgan fingerprint density at radius 2 is 1.66 bits per heavy atom. The third kappa shape index (κ3) is 6.46. The van der Waals surface area contributed by atoms with Gasteiger partial charge in [0.15, 0.2) is 0 Å². The smallest absolute Gasteiger partial charge is 0.251 e. The van der Waals surface area contributed by atoms with E-state index >= 15 is 0 Å². The van der Waals surface area contributed by atoms with E-state index in [2.05, 4.69) is 16.4 Å². The summed E-state index contributed by atoms with van der Waals surface area (Å²) in [5.74, 6) is 1.06. The van der Waals surface area contributed by atoms with E-state index in [9.17, 15) is 10.1 Å². The van der Waals surface area contributed by atoms with Crippen molar-refractivity contribution in [1.29, 1.82) is 5.26 Å². The molecule has 0 aliphatic carbocycles. The van der Waals surface area contributed by atoms with Gasteiger partial charge in [-0.15, -0.1) is 0 Å². The molecule has 4 aromatic rings. The number of nitriles is 1. The lowest BCUT2D eigenvalue weighted by atomic mass is 10.1. The van der Waals surface area contributed by atoms with Crippen molar-refractivity contribution < 1.29 is 14.3 Å².